The number of hydrogen-bond acceptors (Lipinski definition) is 3. The quantitative estimate of drug-likeness (QED) is 0.783. The minimum atomic E-state index is -3.34. The number of benzene rings is 1. The van der Waals surface area contributed by atoms with Crippen LogP contribution in [0.3, 0.4) is 0 Å². The summed E-state index contributed by atoms with van der Waals surface area (Å²) >= 11 is 3.39. The third-order valence-electron chi connectivity index (χ3n) is 3.03. The van der Waals surface area contributed by atoms with E-state index in [0.717, 1.165) is 10.0 Å². The Morgan fingerprint density at radius 1 is 1.20 bits per heavy atom. The summed E-state index contributed by atoms with van der Waals surface area (Å²) in [6.45, 7) is 8.00. The molecule has 2 N–H and O–H groups in total. The van der Waals surface area contributed by atoms with Crippen molar-refractivity contribution in [2.45, 2.75) is 45.0 Å². The van der Waals surface area contributed by atoms with Gasteiger partial charge in [-0.25, -0.2) is 13.1 Å². The van der Waals surface area contributed by atoms with Crippen molar-refractivity contribution in [2.75, 3.05) is 6.54 Å². The van der Waals surface area contributed by atoms with E-state index in [-0.39, 0.29) is 12.1 Å². The number of rotatable bonds is 7. The maximum atomic E-state index is 12.2. The lowest BCUT2D eigenvalue weighted by Crippen LogP contribution is -2.41. The molecule has 0 fully saturated rings. The van der Waals surface area contributed by atoms with Crippen molar-refractivity contribution in [1.29, 1.82) is 0 Å². The van der Waals surface area contributed by atoms with E-state index >= 15 is 0 Å². The minimum Gasteiger partial charge on any atom is -0.313 e. The Morgan fingerprint density at radius 3 is 2.40 bits per heavy atom. The lowest BCUT2D eigenvalue weighted by Gasteiger charge is -2.20. The van der Waals surface area contributed by atoms with Crippen LogP contribution in [0.2, 0.25) is 0 Å². The first kappa shape index (κ1) is 17.6. The SMILES string of the molecule is CC(C)NCC(C)S(=O)(=O)NC(C)c1cccc(Br)c1. The van der Waals surface area contributed by atoms with E-state index in [1.54, 1.807) is 6.92 Å². The molecule has 6 heteroatoms. The van der Waals surface area contributed by atoms with Crippen molar-refractivity contribution in [2.24, 2.45) is 0 Å². The highest BCUT2D eigenvalue weighted by Crippen LogP contribution is 2.19. The molecule has 0 heterocycles. The van der Waals surface area contributed by atoms with Crippen LogP contribution >= 0.6 is 15.9 Å². The predicted molar refractivity (Wildman–Crippen MR) is 87.2 cm³/mol. The van der Waals surface area contributed by atoms with Crippen molar-refractivity contribution < 1.29 is 8.42 Å². The van der Waals surface area contributed by atoms with Crippen molar-refractivity contribution in [3.8, 4) is 0 Å². The van der Waals surface area contributed by atoms with Crippen LogP contribution in [-0.4, -0.2) is 26.3 Å². The Kier molecular flexibility index (Phi) is 6.64. The zero-order valence-electron chi connectivity index (χ0n) is 12.4. The Hall–Kier alpha value is -0.430. The van der Waals surface area contributed by atoms with Gasteiger partial charge in [0.2, 0.25) is 10.0 Å². The highest BCUT2D eigenvalue weighted by Gasteiger charge is 2.23. The van der Waals surface area contributed by atoms with Crippen LogP contribution in [0, 0.1) is 0 Å². The lowest BCUT2D eigenvalue weighted by molar-refractivity contribution is 0.531. The average Bonchev–Trinajstić information content (AvgIpc) is 2.35. The average molecular weight is 363 g/mol. The van der Waals surface area contributed by atoms with E-state index in [2.05, 4.69) is 26.0 Å². The maximum Gasteiger partial charge on any atom is 0.216 e. The molecule has 1 rings (SSSR count). The van der Waals surface area contributed by atoms with Crippen LogP contribution in [0.1, 0.15) is 39.3 Å². The molecule has 0 spiro atoms. The van der Waals surface area contributed by atoms with E-state index < -0.39 is 15.3 Å². The zero-order valence-corrected chi connectivity index (χ0v) is 14.8. The van der Waals surface area contributed by atoms with E-state index in [9.17, 15) is 8.42 Å². The molecule has 0 aliphatic carbocycles. The summed E-state index contributed by atoms with van der Waals surface area (Å²) in [4.78, 5) is 0. The van der Waals surface area contributed by atoms with Gasteiger partial charge >= 0.3 is 0 Å². The highest BCUT2D eigenvalue weighted by atomic mass is 79.9. The Bertz CT molecular complexity index is 532. The largest absolute Gasteiger partial charge is 0.313 e. The first-order valence-corrected chi connectivity index (χ1v) is 9.06. The van der Waals surface area contributed by atoms with Crippen LogP contribution in [0.15, 0.2) is 28.7 Å². The standard InChI is InChI=1S/C14H23BrN2O2S/c1-10(2)16-9-11(3)20(18,19)17-12(4)13-6-5-7-14(15)8-13/h5-8,10-12,16-17H,9H2,1-4H3. The molecule has 0 aliphatic heterocycles. The van der Waals surface area contributed by atoms with E-state index in [4.69, 9.17) is 0 Å². The fraction of sp³-hybridized carbons (Fsp3) is 0.571. The molecule has 0 bridgehead atoms. The molecular weight excluding hydrogens is 340 g/mol. The fourth-order valence-corrected chi connectivity index (χ4v) is 3.31. The topological polar surface area (TPSA) is 58.2 Å². The van der Waals surface area contributed by atoms with Gasteiger partial charge in [0.25, 0.3) is 0 Å². The molecule has 1 aromatic carbocycles. The molecule has 0 aliphatic rings. The summed E-state index contributed by atoms with van der Waals surface area (Å²) in [5, 5.41) is 2.67. The molecule has 20 heavy (non-hydrogen) atoms. The second-order valence-electron chi connectivity index (χ2n) is 5.31. The fourth-order valence-electron chi connectivity index (χ4n) is 1.72. The first-order valence-electron chi connectivity index (χ1n) is 6.72. The van der Waals surface area contributed by atoms with Gasteiger partial charge in [-0.1, -0.05) is 41.9 Å². The molecular formula is C14H23BrN2O2S. The molecule has 0 amide bonds. The summed E-state index contributed by atoms with van der Waals surface area (Å²) in [6.07, 6.45) is 0. The molecule has 114 valence electrons. The van der Waals surface area contributed by atoms with Gasteiger partial charge in [-0.05, 0) is 31.5 Å². The summed E-state index contributed by atoms with van der Waals surface area (Å²) in [5.41, 5.74) is 0.937. The third-order valence-corrected chi connectivity index (χ3v) is 5.43. The normalized spacial score (nSPS) is 15.3. The van der Waals surface area contributed by atoms with Gasteiger partial charge in [0.15, 0.2) is 0 Å². The van der Waals surface area contributed by atoms with Gasteiger partial charge in [-0.15, -0.1) is 0 Å². The summed E-state index contributed by atoms with van der Waals surface area (Å²) < 4.78 is 28.2. The van der Waals surface area contributed by atoms with E-state index in [1.165, 1.54) is 0 Å². The predicted octanol–water partition coefficient (Wildman–Crippen LogP) is 2.82. The Labute approximate surface area is 130 Å². The molecule has 0 saturated carbocycles. The Morgan fingerprint density at radius 2 is 1.85 bits per heavy atom. The second-order valence-corrected chi connectivity index (χ2v) is 8.36. The van der Waals surface area contributed by atoms with Crippen LogP contribution < -0.4 is 10.0 Å². The van der Waals surface area contributed by atoms with Gasteiger partial charge < -0.3 is 5.32 Å². The smallest absolute Gasteiger partial charge is 0.216 e. The summed E-state index contributed by atoms with van der Waals surface area (Å²) in [5.74, 6) is 0. The van der Waals surface area contributed by atoms with Crippen molar-refractivity contribution in [3.63, 3.8) is 0 Å². The maximum absolute atomic E-state index is 12.2. The lowest BCUT2D eigenvalue weighted by atomic mass is 10.1. The summed E-state index contributed by atoms with van der Waals surface area (Å²) in [6, 6.07) is 7.67. The minimum absolute atomic E-state index is 0.251. The molecule has 2 unspecified atom stereocenters. The monoisotopic (exact) mass is 362 g/mol. The molecule has 0 radical (unpaired) electrons. The van der Waals surface area contributed by atoms with Gasteiger partial charge in [0.1, 0.15) is 0 Å². The molecule has 0 aromatic heterocycles. The van der Waals surface area contributed by atoms with Crippen LogP contribution in [-0.2, 0) is 10.0 Å². The van der Waals surface area contributed by atoms with Crippen LogP contribution in [0.5, 0.6) is 0 Å². The van der Waals surface area contributed by atoms with Gasteiger partial charge in [0.05, 0.1) is 5.25 Å². The number of nitrogens with one attached hydrogen (secondary N) is 2. The van der Waals surface area contributed by atoms with Crippen LogP contribution in [0.25, 0.3) is 0 Å². The number of sulfonamides is 1. The number of hydrogen-bond donors (Lipinski definition) is 2. The second kappa shape index (κ2) is 7.54. The van der Waals surface area contributed by atoms with Crippen molar-refractivity contribution in [1.82, 2.24) is 10.0 Å². The first-order chi connectivity index (χ1) is 9.22. The van der Waals surface area contributed by atoms with Crippen molar-refractivity contribution >= 4 is 26.0 Å². The van der Waals surface area contributed by atoms with E-state index in [1.807, 2.05) is 45.0 Å². The Balaban J connectivity index is 2.70. The summed E-state index contributed by atoms with van der Waals surface area (Å²) in [7, 11) is -3.34. The molecule has 0 saturated heterocycles. The number of halogens is 1. The molecule has 1 aromatic rings. The van der Waals surface area contributed by atoms with Gasteiger partial charge in [-0.3, -0.25) is 0 Å². The van der Waals surface area contributed by atoms with E-state index in [0.29, 0.717) is 6.54 Å². The van der Waals surface area contributed by atoms with Gasteiger partial charge in [-0.2, -0.15) is 0 Å². The molecule has 4 nitrogen and oxygen atoms in total. The van der Waals surface area contributed by atoms with Crippen LogP contribution in [0.4, 0.5) is 0 Å². The van der Waals surface area contributed by atoms with Crippen molar-refractivity contribution in [3.05, 3.63) is 34.3 Å². The third kappa shape index (κ3) is 5.52. The molecule has 2 atom stereocenters. The highest BCUT2D eigenvalue weighted by molar-refractivity contribution is 9.10. The zero-order chi connectivity index (χ0) is 15.3. The van der Waals surface area contributed by atoms with Gasteiger partial charge in [0, 0.05) is 23.1 Å².